The maximum atomic E-state index is 12.0. The van der Waals surface area contributed by atoms with Gasteiger partial charge in [-0.15, -0.1) is 0 Å². The molecule has 26 heavy (non-hydrogen) atoms. The van der Waals surface area contributed by atoms with Crippen LogP contribution in [0.1, 0.15) is 5.56 Å². The lowest BCUT2D eigenvalue weighted by molar-refractivity contribution is -0.146. The molecule has 0 unspecified atom stereocenters. The normalized spacial score (nSPS) is 10.5. The summed E-state index contributed by atoms with van der Waals surface area (Å²) >= 11 is 5.92. The number of H-pyrrole nitrogens is 1. The lowest BCUT2D eigenvalue weighted by atomic mass is 10.1. The minimum Gasteiger partial charge on any atom is -0.495 e. The number of esters is 1. The van der Waals surface area contributed by atoms with E-state index < -0.39 is 18.5 Å². The number of hydrogen-bond donors (Lipinski definition) is 2. The largest absolute Gasteiger partial charge is 0.495 e. The Morgan fingerprint density at radius 1 is 1.19 bits per heavy atom. The molecule has 0 radical (unpaired) electrons. The van der Waals surface area contributed by atoms with Crippen LogP contribution in [-0.2, 0) is 20.7 Å². The predicted octanol–water partition coefficient (Wildman–Crippen LogP) is 3.55. The number of ether oxygens (including phenoxy) is 2. The van der Waals surface area contributed by atoms with Crippen LogP contribution in [0.25, 0.3) is 10.9 Å². The Bertz CT molecular complexity index is 952. The molecular weight excluding hydrogens is 356 g/mol. The van der Waals surface area contributed by atoms with Gasteiger partial charge < -0.3 is 19.8 Å². The van der Waals surface area contributed by atoms with Gasteiger partial charge in [-0.05, 0) is 29.8 Å². The Morgan fingerprint density at radius 3 is 2.81 bits per heavy atom. The summed E-state index contributed by atoms with van der Waals surface area (Å²) in [4.78, 5) is 27.1. The Kier molecular flexibility index (Phi) is 5.43. The third-order valence-corrected chi connectivity index (χ3v) is 4.04. The van der Waals surface area contributed by atoms with E-state index in [1.165, 1.54) is 7.11 Å². The van der Waals surface area contributed by atoms with Gasteiger partial charge in [0.05, 0.1) is 19.2 Å². The summed E-state index contributed by atoms with van der Waals surface area (Å²) in [5.74, 6) is -0.492. The first-order chi connectivity index (χ1) is 12.6. The number of aromatic amines is 1. The van der Waals surface area contributed by atoms with Crippen molar-refractivity contribution in [3.8, 4) is 5.75 Å². The molecule has 3 rings (SSSR count). The number of hydrogen-bond acceptors (Lipinski definition) is 4. The number of halogens is 1. The van der Waals surface area contributed by atoms with E-state index in [9.17, 15) is 9.59 Å². The van der Waals surface area contributed by atoms with Gasteiger partial charge in [-0.3, -0.25) is 9.59 Å². The SMILES string of the molecule is COc1ccc(Cl)cc1NC(=O)COC(=O)Cc1c[nH]c2ccccc12. The van der Waals surface area contributed by atoms with Gasteiger partial charge in [-0.1, -0.05) is 29.8 Å². The fourth-order valence-corrected chi connectivity index (χ4v) is 2.77. The number of methoxy groups -OCH3 is 1. The van der Waals surface area contributed by atoms with E-state index in [2.05, 4.69) is 10.3 Å². The lowest BCUT2D eigenvalue weighted by Gasteiger charge is -2.10. The maximum Gasteiger partial charge on any atom is 0.310 e. The summed E-state index contributed by atoms with van der Waals surface area (Å²) in [6.45, 7) is -0.392. The number of benzene rings is 2. The predicted molar refractivity (Wildman–Crippen MR) is 99.6 cm³/mol. The van der Waals surface area contributed by atoms with Gasteiger partial charge in [-0.2, -0.15) is 0 Å². The second kappa shape index (κ2) is 7.93. The monoisotopic (exact) mass is 372 g/mol. The number of para-hydroxylation sites is 1. The van der Waals surface area contributed by atoms with Crippen LogP contribution in [0.3, 0.4) is 0 Å². The van der Waals surface area contributed by atoms with Gasteiger partial charge in [-0.25, -0.2) is 0 Å². The zero-order chi connectivity index (χ0) is 18.5. The first-order valence-electron chi connectivity index (χ1n) is 7.91. The van der Waals surface area contributed by atoms with Gasteiger partial charge >= 0.3 is 5.97 Å². The van der Waals surface area contributed by atoms with Crippen LogP contribution < -0.4 is 10.1 Å². The number of aromatic nitrogens is 1. The summed E-state index contributed by atoms with van der Waals surface area (Å²) in [6, 6.07) is 12.5. The molecule has 0 aliphatic heterocycles. The summed E-state index contributed by atoms with van der Waals surface area (Å²) in [7, 11) is 1.49. The number of anilines is 1. The number of fused-ring (bicyclic) bond motifs is 1. The highest BCUT2D eigenvalue weighted by Crippen LogP contribution is 2.27. The fourth-order valence-electron chi connectivity index (χ4n) is 2.59. The minimum absolute atomic E-state index is 0.0811. The van der Waals surface area contributed by atoms with E-state index >= 15 is 0 Å². The van der Waals surface area contributed by atoms with E-state index in [0.717, 1.165) is 16.5 Å². The Hall–Kier alpha value is -2.99. The molecule has 134 valence electrons. The van der Waals surface area contributed by atoms with Crippen molar-refractivity contribution in [1.29, 1.82) is 0 Å². The summed E-state index contributed by atoms with van der Waals surface area (Å²) in [5, 5.41) is 4.03. The van der Waals surface area contributed by atoms with Gasteiger partial charge in [0.15, 0.2) is 6.61 Å². The van der Waals surface area contributed by atoms with Crippen LogP contribution in [0, 0.1) is 0 Å². The highest BCUT2D eigenvalue weighted by molar-refractivity contribution is 6.31. The molecule has 0 atom stereocenters. The summed E-state index contributed by atoms with van der Waals surface area (Å²) in [6.07, 6.45) is 1.85. The first kappa shape index (κ1) is 17.8. The van der Waals surface area contributed by atoms with Gasteiger partial charge in [0.1, 0.15) is 5.75 Å². The van der Waals surface area contributed by atoms with E-state index in [4.69, 9.17) is 21.1 Å². The zero-order valence-corrected chi connectivity index (χ0v) is 14.8. The quantitative estimate of drug-likeness (QED) is 0.648. The highest BCUT2D eigenvalue weighted by Gasteiger charge is 2.13. The van der Waals surface area contributed by atoms with Crippen LogP contribution in [0.2, 0.25) is 5.02 Å². The average Bonchev–Trinajstić information content (AvgIpc) is 3.03. The van der Waals surface area contributed by atoms with Crippen LogP contribution in [-0.4, -0.2) is 30.6 Å². The van der Waals surface area contributed by atoms with E-state index in [0.29, 0.717) is 16.5 Å². The molecule has 0 saturated carbocycles. The molecule has 0 fully saturated rings. The number of carbonyl (C=O) groups is 2. The van der Waals surface area contributed by atoms with Crippen molar-refractivity contribution >= 4 is 40.1 Å². The highest BCUT2D eigenvalue weighted by atomic mass is 35.5. The van der Waals surface area contributed by atoms with Crippen molar-refractivity contribution in [2.24, 2.45) is 0 Å². The zero-order valence-electron chi connectivity index (χ0n) is 14.0. The van der Waals surface area contributed by atoms with E-state index in [-0.39, 0.29) is 6.42 Å². The summed E-state index contributed by atoms with van der Waals surface area (Å²) in [5.41, 5.74) is 2.18. The third kappa shape index (κ3) is 4.15. The third-order valence-electron chi connectivity index (χ3n) is 3.81. The van der Waals surface area contributed by atoms with Crippen molar-refractivity contribution in [1.82, 2.24) is 4.98 Å². The number of nitrogens with one attached hydrogen (secondary N) is 2. The standard InChI is InChI=1S/C19H17ClN2O4/c1-25-17-7-6-13(20)9-16(17)22-18(23)11-26-19(24)8-12-10-21-15-5-3-2-4-14(12)15/h2-7,9-10,21H,8,11H2,1H3,(H,22,23). The number of carbonyl (C=O) groups excluding carboxylic acids is 2. The molecule has 0 aliphatic rings. The van der Waals surface area contributed by atoms with Gasteiger partial charge in [0, 0.05) is 22.1 Å². The molecule has 1 aromatic heterocycles. The molecule has 2 aromatic carbocycles. The lowest BCUT2D eigenvalue weighted by Crippen LogP contribution is -2.21. The fraction of sp³-hybridized carbons (Fsp3) is 0.158. The Labute approximate surface area is 155 Å². The van der Waals surface area contributed by atoms with Crippen LogP contribution in [0.4, 0.5) is 5.69 Å². The second-order valence-electron chi connectivity index (χ2n) is 5.59. The topological polar surface area (TPSA) is 80.4 Å². The minimum atomic E-state index is -0.483. The van der Waals surface area contributed by atoms with Crippen molar-refractivity contribution in [3.05, 3.63) is 59.2 Å². The molecule has 7 heteroatoms. The molecule has 0 spiro atoms. The first-order valence-corrected chi connectivity index (χ1v) is 8.28. The molecule has 0 aliphatic carbocycles. The molecule has 3 aromatic rings. The molecular formula is C19H17ClN2O4. The number of rotatable bonds is 6. The molecule has 0 bridgehead atoms. The molecule has 6 nitrogen and oxygen atoms in total. The summed E-state index contributed by atoms with van der Waals surface area (Å²) < 4.78 is 10.2. The van der Waals surface area contributed by atoms with Crippen molar-refractivity contribution in [3.63, 3.8) is 0 Å². The van der Waals surface area contributed by atoms with Crippen molar-refractivity contribution in [2.45, 2.75) is 6.42 Å². The van der Waals surface area contributed by atoms with Gasteiger partial charge in [0.25, 0.3) is 5.91 Å². The molecule has 2 N–H and O–H groups in total. The number of amides is 1. The van der Waals surface area contributed by atoms with Crippen LogP contribution in [0.15, 0.2) is 48.7 Å². The van der Waals surface area contributed by atoms with E-state index in [1.54, 1.807) is 24.4 Å². The van der Waals surface area contributed by atoms with Crippen molar-refractivity contribution in [2.75, 3.05) is 19.0 Å². The second-order valence-corrected chi connectivity index (χ2v) is 6.03. The van der Waals surface area contributed by atoms with Crippen molar-refractivity contribution < 1.29 is 19.1 Å². The Balaban J connectivity index is 1.56. The van der Waals surface area contributed by atoms with Crippen LogP contribution >= 0.6 is 11.6 Å². The van der Waals surface area contributed by atoms with Crippen LogP contribution in [0.5, 0.6) is 5.75 Å². The Morgan fingerprint density at radius 2 is 2.00 bits per heavy atom. The molecule has 1 heterocycles. The molecule has 1 amide bonds. The molecule has 0 saturated heterocycles. The van der Waals surface area contributed by atoms with Gasteiger partial charge in [0.2, 0.25) is 0 Å². The maximum absolute atomic E-state index is 12.0. The smallest absolute Gasteiger partial charge is 0.310 e. The average molecular weight is 373 g/mol. The van der Waals surface area contributed by atoms with E-state index in [1.807, 2.05) is 24.3 Å².